The van der Waals surface area contributed by atoms with Crippen molar-refractivity contribution in [1.82, 2.24) is 0 Å². The number of halogens is 1. The van der Waals surface area contributed by atoms with E-state index in [1.165, 1.54) is 18.2 Å². The van der Waals surface area contributed by atoms with Crippen molar-refractivity contribution in [2.24, 2.45) is 0 Å². The molecule has 1 aromatic heterocycles. The highest BCUT2D eigenvalue weighted by molar-refractivity contribution is 6.32. The Hall–Kier alpha value is -3.45. The number of carbonyl (C=O) groups is 2. The van der Waals surface area contributed by atoms with Gasteiger partial charge in [-0.15, -0.1) is 0 Å². The van der Waals surface area contributed by atoms with E-state index in [2.05, 4.69) is 5.32 Å². The molecule has 2 aromatic carbocycles. The zero-order valence-electron chi connectivity index (χ0n) is 14.6. The summed E-state index contributed by atoms with van der Waals surface area (Å²) in [6.45, 7) is 0.169. The molecule has 144 valence electrons. The first kappa shape index (κ1) is 19.3. The normalized spacial score (nSPS) is 10.3. The Morgan fingerprint density at radius 2 is 1.82 bits per heavy atom. The number of aromatic carboxylic acids is 1. The Labute approximate surface area is 165 Å². The molecule has 0 atom stereocenters. The van der Waals surface area contributed by atoms with E-state index < -0.39 is 12.1 Å². The van der Waals surface area contributed by atoms with Crippen molar-refractivity contribution in [3.8, 4) is 5.75 Å². The van der Waals surface area contributed by atoms with Crippen LogP contribution >= 0.6 is 11.6 Å². The first-order chi connectivity index (χ1) is 13.5. The minimum Gasteiger partial charge on any atom is -0.484 e. The second-order valence-corrected chi connectivity index (χ2v) is 6.10. The lowest BCUT2D eigenvalue weighted by atomic mass is 10.2. The van der Waals surface area contributed by atoms with Crippen molar-refractivity contribution in [1.29, 1.82) is 0 Å². The molecule has 3 rings (SSSR count). The molecule has 1 heterocycles. The van der Waals surface area contributed by atoms with Crippen molar-refractivity contribution < 1.29 is 28.6 Å². The maximum Gasteiger partial charge on any atom is 0.411 e. The fourth-order valence-corrected chi connectivity index (χ4v) is 2.53. The minimum atomic E-state index is -1.15. The van der Waals surface area contributed by atoms with Crippen LogP contribution in [0.2, 0.25) is 5.02 Å². The summed E-state index contributed by atoms with van der Waals surface area (Å²) in [4.78, 5) is 22.7. The summed E-state index contributed by atoms with van der Waals surface area (Å²) in [5, 5.41) is 11.7. The van der Waals surface area contributed by atoms with E-state index in [0.29, 0.717) is 17.2 Å². The highest BCUT2D eigenvalue weighted by Gasteiger charge is 2.11. The largest absolute Gasteiger partial charge is 0.484 e. The number of hydrogen-bond acceptors (Lipinski definition) is 5. The molecule has 0 aliphatic rings. The van der Waals surface area contributed by atoms with Crippen molar-refractivity contribution in [2.75, 3.05) is 5.32 Å². The van der Waals surface area contributed by atoms with Gasteiger partial charge < -0.3 is 19.0 Å². The van der Waals surface area contributed by atoms with E-state index in [1.54, 1.807) is 12.1 Å². The predicted molar refractivity (Wildman–Crippen MR) is 102 cm³/mol. The Morgan fingerprint density at radius 1 is 1.04 bits per heavy atom. The third kappa shape index (κ3) is 5.28. The number of amides is 1. The molecular formula is C20H16ClNO6. The van der Waals surface area contributed by atoms with Crippen LogP contribution in [-0.4, -0.2) is 17.2 Å². The molecule has 2 N–H and O–H groups in total. The van der Waals surface area contributed by atoms with E-state index in [9.17, 15) is 9.59 Å². The zero-order valence-corrected chi connectivity index (χ0v) is 15.3. The lowest BCUT2D eigenvalue weighted by molar-refractivity contribution is 0.0658. The molecule has 0 radical (unpaired) electrons. The van der Waals surface area contributed by atoms with E-state index in [0.717, 1.165) is 5.56 Å². The summed E-state index contributed by atoms with van der Waals surface area (Å²) in [7, 11) is 0. The Bertz CT molecular complexity index is 970. The van der Waals surface area contributed by atoms with Gasteiger partial charge in [-0.3, -0.25) is 5.32 Å². The smallest absolute Gasteiger partial charge is 0.411 e. The van der Waals surface area contributed by atoms with E-state index >= 15 is 0 Å². The predicted octanol–water partition coefficient (Wildman–Crippen LogP) is 4.96. The number of hydrogen-bond donors (Lipinski definition) is 2. The lowest BCUT2D eigenvalue weighted by Gasteiger charge is -2.10. The molecule has 0 saturated heterocycles. The fraction of sp³-hybridized carbons (Fsp3) is 0.100. The molecule has 0 aliphatic heterocycles. The number of rotatable bonds is 7. The number of carbonyl (C=O) groups excluding carboxylic acids is 1. The van der Waals surface area contributed by atoms with Crippen molar-refractivity contribution in [3.63, 3.8) is 0 Å². The summed E-state index contributed by atoms with van der Waals surface area (Å²) in [6, 6.07) is 16.9. The monoisotopic (exact) mass is 401 g/mol. The van der Waals surface area contributed by atoms with Gasteiger partial charge in [0, 0.05) is 5.69 Å². The Morgan fingerprint density at radius 3 is 2.50 bits per heavy atom. The van der Waals surface area contributed by atoms with E-state index in [4.69, 9.17) is 30.6 Å². The van der Waals surface area contributed by atoms with Crippen LogP contribution in [0.4, 0.5) is 10.5 Å². The van der Waals surface area contributed by atoms with E-state index in [1.807, 2.05) is 30.3 Å². The SMILES string of the molecule is O=C(Nc1ccc(OCc2ccc(C(=O)O)o2)c(Cl)c1)OCc1ccccc1. The molecule has 0 spiro atoms. The van der Waals surface area contributed by atoms with Crippen LogP contribution in [-0.2, 0) is 18.0 Å². The van der Waals surface area contributed by atoms with E-state index in [-0.39, 0.29) is 24.0 Å². The fourth-order valence-electron chi connectivity index (χ4n) is 2.29. The third-order valence-electron chi connectivity index (χ3n) is 3.63. The number of nitrogens with one attached hydrogen (secondary N) is 1. The maximum absolute atomic E-state index is 11.9. The molecule has 28 heavy (non-hydrogen) atoms. The average Bonchev–Trinajstić information content (AvgIpc) is 3.16. The molecule has 7 nitrogen and oxygen atoms in total. The van der Waals surface area contributed by atoms with Gasteiger partial charge in [-0.1, -0.05) is 41.9 Å². The number of carboxylic acid groups (broad SMARTS) is 1. The van der Waals surface area contributed by atoms with Crippen LogP contribution in [0.3, 0.4) is 0 Å². The summed E-state index contributed by atoms with van der Waals surface area (Å²) in [5.41, 5.74) is 1.32. The quantitative estimate of drug-likeness (QED) is 0.580. The second kappa shape index (κ2) is 8.96. The minimum absolute atomic E-state index is 0.0128. The van der Waals surface area contributed by atoms with Crippen molar-refractivity contribution in [3.05, 3.63) is 82.8 Å². The molecule has 8 heteroatoms. The molecule has 0 aliphatic carbocycles. The molecular weight excluding hydrogens is 386 g/mol. The van der Waals surface area contributed by atoms with Crippen LogP contribution in [0, 0.1) is 0 Å². The van der Waals surface area contributed by atoms with Gasteiger partial charge in [-0.25, -0.2) is 9.59 Å². The molecule has 3 aromatic rings. The van der Waals surface area contributed by atoms with Crippen LogP contribution in [0.5, 0.6) is 5.75 Å². The van der Waals surface area contributed by atoms with Gasteiger partial charge in [0.15, 0.2) is 0 Å². The summed E-state index contributed by atoms with van der Waals surface area (Å²) < 4.78 is 15.8. The number of ether oxygens (including phenoxy) is 2. The number of anilines is 1. The van der Waals surface area contributed by atoms with Crippen LogP contribution in [0.15, 0.2) is 65.1 Å². The summed E-state index contributed by atoms with van der Waals surface area (Å²) in [6.07, 6.45) is -0.606. The molecule has 0 saturated carbocycles. The molecule has 0 unspecified atom stereocenters. The first-order valence-electron chi connectivity index (χ1n) is 8.23. The van der Waals surface area contributed by atoms with Crippen LogP contribution < -0.4 is 10.1 Å². The summed E-state index contributed by atoms with van der Waals surface area (Å²) in [5.74, 6) is -0.615. The van der Waals surface area contributed by atoms with Gasteiger partial charge in [0.05, 0.1) is 5.02 Å². The highest BCUT2D eigenvalue weighted by atomic mass is 35.5. The average molecular weight is 402 g/mol. The topological polar surface area (TPSA) is 98.0 Å². The van der Waals surface area contributed by atoms with Crippen LogP contribution in [0.1, 0.15) is 21.9 Å². The van der Waals surface area contributed by atoms with Gasteiger partial charge in [-0.2, -0.15) is 0 Å². The van der Waals surface area contributed by atoms with Gasteiger partial charge in [0.25, 0.3) is 0 Å². The van der Waals surface area contributed by atoms with Gasteiger partial charge in [0.2, 0.25) is 5.76 Å². The molecule has 1 amide bonds. The third-order valence-corrected chi connectivity index (χ3v) is 3.93. The Kier molecular flexibility index (Phi) is 6.18. The number of benzene rings is 2. The second-order valence-electron chi connectivity index (χ2n) is 5.69. The van der Waals surface area contributed by atoms with Gasteiger partial charge in [0.1, 0.15) is 24.7 Å². The van der Waals surface area contributed by atoms with Crippen molar-refractivity contribution >= 4 is 29.4 Å². The summed E-state index contributed by atoms with van der Waals surface area (Å²) >= 11 is 6.17. The maximum atomic E-state index is 11.9. The number of furan rings is 1. The first-order valence-corrected chi connectivity index (χ1v) is 8.61. The standard InChI is InChI=1S/C20H16ClNO6/c21-16-10-14(22-20(25)27-11-13-4-2-1-3-5-13)6-8-17(16)26-12-15-7-9-18(28-15)19(23)24/h1-10H,11-12H2,(H,22,25)(H,23,24). The van der Waals surface area contributed by atoms with Gasteiger partial charge >= 0.3 is 12.1 Å². The molecule has 0 bridgehead atoms. The van der Waals surface area contributed by atoms with Gasteiger partial charge in [-0.05, 0) is 35.9 Å². The highest BCUT2D eigenvalue weighted by Crippen LogP contribution is 2.28. The van der Waals surface area contributed by atoms with Crippen molar-refractivity contribution in [2.45, 2.75) is 13.2 Å². The molecule has 0 fully saturated rings. The lowest BCUT2D eigenvalue weighted by Crippen LogP contribution is -2.13. The van der Waals surface area contributed by atoms with Crippen LogP contribution in [0.25, 0.3) is 0 Å². The Balaban J connectivity index is 1.52. The zero-order chi connectivity index (χ0) is 19.9. The number of carboxylic acids is 1.